The molecule has 0 saturated heterocycles. The van der Waals surface area contributed by atoms with E-state index in [-0.39, 0.29) is 39.1 Å². The Morgan fingerprint density at radius 3 is 2.17 bits per heavy atom. The topological polar surface area (TPSA) is 257 Å². The number of carbonyl (C=O) groups is 5. The molecule has 0 aromatic heterocycles. The Bertz CT molecular complexity index is 1630. The van der Waals surface area contributed by atoms with Gasteiger partial charge < -0.3 is 52.8 Å². The number of nitrogens with two attached hydrogens (primary N) is 3. The van der Waals surface area contributed by atoms with E-state index in [0.717, 1.165) is 0 Å². The quantitative estimate of drug-likeness (QED) is 0.118. The van der Waals surface area contributed by atoms with Gasteiger partial charge in [-0.1, -0.05) is 12.1 Å². The van der Waals surface area contributed by atoms with Crippen LogP contribution in [0.5, 0.6) is 11.5 Å². The van der Waals surface area contributed by atoms with Gasteiger partial charge in [0.2, 0.25) is 29.5 Å². The minimum atomic E-state index is -1.30. The van der Waals surface area contributed by atoms with Gasteiger partial charge in [-0.25, -0.2) is 0 Å². The number of benzene rings is 2. The predicted molar refractivity (Wildman–Crippen MR) is 193 cm³/mol. The van der Waals surface area contributed by atoms with E-state index in [1.54, 1.807) is 36.4 Å². The van der Waals surface area contributed by atoms with Crippen LogP contribution >= 0.6 is 0 Å². The van der Waals surface area contributed by atoms with Crippen LogP contribution in [0, 0.1) is 11.3 Å². The van der Waals surface area contributed by atoms with E-state index in [2.05, 4.69) is 21.3 Å². The zero-order valence-electron chi connectivity index (χ0n) is 30.2. The second-order valence-electron chi connectivity index (χ2n) is 12.6. The normalized spacial score (nSPS) is 18.3. The van der Waals surface area contributed by atoms with Crippen molar-refractivity contribution in [2.24, 2.45) is 17.2 Å². The number of likely N-dealkylation sites (N-methyl/N-ethyl adjacent to an activating group) is 1. The molecule has 0 saturated carbocycles. The zero-order valence-corrected chi connectivity index (χ0v) is 30.2. The largest absolute Gasteiger partial charge is 0.492 e. The minimum absolute atomic E-state index is 0.0216. The summed E-state index contributed by atoms with van der Waals surface area (Å²) in [5.74, 6) is -2.11. The van der Waals surface area contributed by atoms with Crippen molar-refractivity contribution in [3.63, 3.8) is 0 Å². The summed E-state index contributed by atoms with van der Waals surface area (Å²) in [5.41, 5.74) is 19.2. The number of rotatable bonds is 15. The van der Waals surface area contributed by atoms with Gasteiger partial charge in [-0.3, -0.25) is 24.0 Å². The van der Waals surface area contributed by atoms with Crippen LogP contribution in [0.4, 0.5) is 0 Å². The fraction of sp³-hybridized carbons (Fsp3) is 0.500. The van der Waals surface area contributed by atoms with Crippen LogP contribution in [0.1, 0.15) is 57.2 Å². The third kappa shape index (κ3) is 11.1. The molecule has 0 radical (unpaired) electrons. The number of carbonyl (C=O) groups excluding carboxylic acids is 5. The summed E-state index contributed by atoms with van der Waals surface area (Å²) in [6.45, 7) is 5.44. The number of unbranched alkanes of at least 4 members (excludes halogenated alkanes) is 1. The van der Waals surface area contributed by atoms with Crippen molar-refractivity contribution in [1.82, 2.24) is 26.2 Å². The summed E-state index contributed by atoms with van der Waals surface area (Å²) in [5, 5.41) is 20.0. The molecule has 0 aliphatic carbocycles. The van der Waals surface area contributed by atoms with Crippen LogP contribution in [-0.2, 0) is 30.4 Å². The minimum Gasteiger partial charge on any atom is -0.492 e. The average molecular weight is 722 g/mol. The number of nitriles is 1. The summed E-state index contributed by atoms with van der Waals surface area (Å²) >= 11 is 0. The fourth-order valence-electron chi connectivity index (χ4n) is 5.80. The third-order valence-electron chi connectivity index (χ3n) is 8.39. The molecule has 0 unspecified atom stereocenters. The number of amides is 5. The Hall–Kier alpha value is -5.24. The highest BCUT2D eigenvalue weighted by Gasteiger charge is 2.36. The van der Waals surface area contributed by atoms with Crippen molar-refractivity contribution in [3.8, 4) is 28.7 Å². The van der Waals surface area contributed by atoms with Gasteiger partial charge in [0.25, 0.3) is 0 Å². The maximum atomic E-state index is 14.2. The van der Waals surface area contributed by atoms with Crippen molar-refractivity contribution < 1.29 is 33.4 Å². The Labute approximate surface area is 304 Å². The second kappa shape index (κ2) is 20.0. The lowest BCUT2D eigenvalue weighted by Crippen LogP contribution is -2.56. The number of nitrogens with one attached hydrogen (secondary N) is 4. The SMILES string of the molecule is CC(=O)N[C@@H](CCCCN)C(=O)N(C)[C@@H]1C(=O)N[C@@H](C)C(=O)N[C@H](C(=O)N[C@@H](C)C#N)Cc2ccc(OCCN)c(c2)-c2cc1ccc2OCCN. The number of ether oxygens (including phenoxy) is 2. The summed E-state index contributed by atoms with van der Waals surface area (Å²) < 4.78 is 12.1. The summed E-state index contributed by atoms with van der Waals surface area (Å²) in [6.07, 6.45) is 1.48. The van der Waals surface area contributed by atoms with Gasteiger partial charge in [0, 0.05) is 44.6 Å². The van der Waals surface area contributed by atoms with Crippen molar-refractivity contribution in [3.05, 3.63) is 47.5 Å². The van der Waals surface area contributed by atoms with Crippen molar-refractivity contribution >= 4 is 29.5 Å². The highest BCUT2D eigenvalue weighted by atomic mass is 16.5. The van der Waals surface area contributed by atoms with Crippen molar-refractivity contribution in [2.75, 3.05) is 39.9 Å². The smallest absolute Gasteiger partial charge is 0.248 e. The van der Waals surface area contributed by atoms with Crippen molar-refractivity contribution in [2.45, 2.75) is 76.7 Å². The van der Waals surface area contributed by atoms with Gasteiger partial charge >= 0.3 is 0 Å². The van der Waals surface area contributed by atoms with Crippen LogP contribution in [0.15, 0.2) is 36.4 Å². The first kappa shape index (κ1) is 41.2. The monoisotopic (exact) mass is 721 g/mol. The average Bonchev–Trinajstić information content (AvgIpc) is 3.11. The molecule has 282 valence electrons. The molecular formula is C36H51N9O7. The number of fused-ring (bicyclic) bond motifs is 5. The molecule has 5 atom stereocenters. The molecule has 1 aliphatic rings. The lowest BCUT2D eigenvalue weighted by molar-refractivity contribution is -0.143. The van der Waals surface area contributed by atoms with E-state index in [0.29, 0.717) is 53.1 Å². The van der Waals surface area contributed by atoms with Crippen LogP contribution < -0.4 is 47.9 Å². The van der Waals surface area contributed by atoms with E-state index in [1.807, 2.05) is 6.07 Å². The van der Waals surface area contributed by atoms with Gasteiger partial charge in [-0.15, -0.1) is 0 Å². The first-order valence-corrected chi connectivity index (χ1v) is 17.3. The molecule has 16 heteroatoms. The van der Waals surface area contributed by atoms with E-state index in [4.69, 9.17) is 26.7 Å². The van der Waals surface area contributed by atoms with Crippen LogP contribution in [0.2, 0.25) is 0 Å². The van der Waals surface area contributed by atoms with E-state index < -0.39 is 59.7 Å². The fourth-order valence-corrected chi connectivity index (χ4v) is 5.80. The zero-order chi connectivity index (χ0) is 38.4. The number of nitrogens with zero attached hydrogens (tertiary/aromatic N) is 2. The molecule has 52 heavy (non-hydrogen) atoms. The number of hydrogen-bond acceptors (Lipinski definition) is 11. The highest BCUT2D eigenvalue weighted by molar-refractivity contribution is 5.96. The molecule has 1 aliphatic heterocycles. The highest BCUT2D eigenvalue weighted by Crippen LogP contribution is 2.40. The lowest BCUT2D eigenvalue weighted by atomic mass is 9.93. The van der Waals surface area contributed by atoms with E-state index >= 15 is 0 Å². The summed E-state index contributed by atoms with van der Waals surface area (Å²) in [7, 11) is 1.45. The number of hydrogen-bond donors (Lipinski definition) is 7. The maximum absolute atomic E-state index is 14.2. The molecule has 1 heterocycles. The molecule has 16 nitrogen and oxygen atoms in total. The van der Waals surface area contributed by atoms with Gasteiger partial charge in [0.05, 0.1) is 6.07 Å². The predicted octanol–water partition coefficient (Wildman–Crippen LogP) is -0.264. The Morgan fingerprint density at radius 2 is 1.58 bits per heavy atom. The molecule has 10 N–H and O–H groups in total. The van der Waals surface area contributed by atoms with Crippen LogP contribution in [0.25, 0.3) is 11.1 Å². The van der Waals surface area contributed by atoms with E-state index in [9.17, 15) is 29.2 Å². The lowest BCUT2D eigenvalue weighted by Gasteiger charge is -2.32. The Balaban J connectivity index is 2.29. The molecule has 3 rings (SSSR count). The van der Waals surface area contributed by atoms with Crippen molar-refractivity contribution in [1.29, 1.82) is 5.26 Å². The summed E-state index contributed by atoms with van der Waals surface area (Å²) in [6, 6.07) is 6.80. The van der Waals surface area contributed by atoms with Gasteiger partial charge in [-0.2, -0.15) is 5.26 Å². The Kier molecular flexibility index (Phi) is 15.8. The molecule has 0 spiro atoms. The van der Waals surface area contributed by atoms with Gasteiger partial charge in [0.1, 0.15) is 54.9 Å². The third-order valence-corrected chi connectivity index (χ3v) is 8.39. The van der Waals surface area contributed by atoms with Crippen LogP contribution in [-0.4, -0.2) is 98.5 Å². The Morgan fingerprint density at radius 1 is 0.942 bits per heavy atom. The van der Waals surface area contributed by atoms with Crippen LogP contribution in [0.3, 0.4) is 0 Å². The molecule has 5 amide bonds. The molecule has 2 aromatic rings. The van der Waals surface area contributed by atoms with Gasteiger partial charge in [0.15, 0.2) is 0 Å². The second-order valence-corrected chi connectivity index (χ2v) is 12.6. The van der Waals surface area contributed by atoms with Gasteiger partial charge in [-0.05, 0) is 75.0 Å². The molecule has 4 bridgehead atoms. The summed E-state index contributed by atoms with van der Waals surface area (Å²) in [4.78, 5) is 68.6. The van der Waals surface area contributed by atoms with E-state index in [1.165, 1.54) is 32.7 Å². The molecular weight excluding hydrogens is 670 g/mol. The molecule has 0 fully saturated rings. The first-order valence-electron chi connectivity index (χ1n) is 17.3. The standard InChI is InChI=1S/C36H51N9O7/c1-21(20-40)41-34(48)29-18-24-8-10-30(51-15-13-38)26(17-24)27-19-25(9-11-31(27)52-16-14-39)32(35(49)42-22(2)33(47)44-29)45(4)36(50)28(43-23(3)46)7-5-6-12-37/h8-11,17,19,21-22,28-29,32H,5-7,12-16,18,37-39H2,1-4H3,(H,41,48)(H,42,49)(H,43,46)(H,44,47)/t21-,22-,28-,29-,32-/m0/s1. The first-order chi connectivity index (χ1) is 24.8. The molecule has 2 aromatic carbocycles. The maximum Gasteiger partial charge on any atom is 0.248 e.